The summed E-state index contributed by atoms with van der Waals surface area (Å²) in [5.74, 6) is 0.231. The number of amides is 1. The minimum Gasteiger partial charge on any atom is -0.459 e. The SMILES string of the molecule is O=C(NCC(c1ccsc1)N1CCCCC1)c1ccco1. The molecule has 3 rings (SSSR count). The third-order valence-corrected chi connectivity index (χ3v) is 4.66. The standard InChI is InChI=1S/C16H20N2O2S/c19-16(15-5-4-9-20-15)17-11-14(13-6-10-21-12-13)18-7-2-1-3-8-18/h4-6,9-10,12,14H,1-3,7-8,11H2,(H,17,19). The van der Waals surface area contributed by atoms with E-state index in [0.717, 1.165) is 13.1 Å². The second-order valence-electron chi connectivity index (χ2n) is 5.36. The number of nitrogens with zero attached hydrogens (tertiary/aromatic N) is 1. The van der Waals surface area contributed by atoms with Gasteiger partial charge in [0.05, 0.1) is 12.3 Å². The van der Waals surface area contributed by atoms with Crippen LogP contribution in [0.15, 0.2) is 39.6 Å². The number of hydrogen-bond acceptors (Lipinski definition) is 4. The van der Waals surface area contributed by atoms with Gasteiger partial charge in [0.2, 0.25) is 0 Å². The largest absolute Gasteiger partial charge is 0.459 e. The van der Waals surface area contributed by atoms with Gasteiger partial charge in [-0.05, 0) is 60.5 Å². The highest BCUT2D eigenvalue weighted by Crippen LogP contribution is 2.25. The van der Waals surface area contributed by atoms with Gasteiger partial charge in [0.15, 0.2) is 5.76 Å². The number of thiophene rings is 1. The quantitative estimate of drug-likeness (QED) is 0.922. The summed E-state index contributed by atoms with van der Waals surface area (Å²) in [7, 11) is 0. The fourth-order valence-electron chi connectivity index (χ4n) is 2.84. The molecule has 2 aromatic heterocycles. The van der Waals surface area contributed by atoms with Crippen molar-refractivity contribution < 1.29 is 9.21 Å². The van der Waals surface area contributed by atoms with Gasteiger partial charge >= 0.3 is 0 Å². The van der Waals surface area contributed by atoms with Gasteiger partial charge in [-0.15, -0.1) is 0 Å². The molecule has 1 saturated heterocycles. The van der Waals surface area contributed by atoms with Crippen LogP contribution in [-0.2, 0) is 0 Å². The van der Waals surface area contributed by atoms with Crippen molar-refractivity contribution in [2.75, 3.05) is 19.6 Å². The fraction of sp³-hybridized carbons (Fsp3) is 0.438. The highest BCUT2D eigenvalue weighted by Gasteiger charge is 2.23. The summed E-state index contributed by atoms with van der Waals surface area (Å²) in [5, 5.41) is 7.28. The Hall–Kier alpha value is -1.59. The van der Waals surface area contributed by atoms with Crippen LogP contribution < -0.4 is 5.32 Å². The maximum absolute atomic E-state index is 12.0. The van der Waals surface area contributed by atoms with E-state index in [1.54, 1.807) is 23.5 Å². The van der Waals surface area contributed by atoms with Gasteiger partial charge in [0.25, 0.3) is 5.91 Å². The number of carbonyl (C=O) groups excluding carboxylic acids is 1. The molecule has 1 aliphatic heterocycles. The predicted molar refractivity (Wildman–Crippen MR) is 83.5 cm³/mol. The maximum atomic E-state index is 12.0. The van der Waals surface area contributed by atoms with Gasteiger partial charge in [0.1, 0.15) is 0 Å². The fourth-order valence-corrected chi connectivity index (χ4v) is 3.54. The van der Waals surface area contributed by atoms with Crippen LogP contribution >= 0.6 is 11.3 Å². The van der Waals surface area contributed by atoms with Gasteiger partial charge in [-0.2, -0.15) is 11.3 Å². The number of piperidine rings is 1. The molecule has 1 fully saturated rings. The minimum atomic E-state index is -0.141. The van der Waals surface area contributed by atoms with Crippen molar-refractivity contribution in [3.8, 4) is 0 Å². The van der Waals surface area contributed by atoms with E-state index >= 15 is 0 Å². The van der Waals surface area contributed by atoms with Crippen LogP contribution in [0, 0.1) is 0 Å². The maximum Gasteiger partial charge on any atom is 0.287 e. The first-order chi connectivity index (χ1) is 10.3. The Morgan fingerprint density at radius 1 is 1.33 bits per heavy atom. The van der Waals surface area contributed by atoms with E-state index in [4.69, 9.17) is 4.42 Å². The van der Waals surface area contributed by atoms with Crippen molar-refractivity contribution in [1.82, 2.24) is 10.2 Å². The third-order valence-electron chi connectivity index (χ3n) is 3.96. The molecule has 0 aliphatic carbocycles. The molecule has 1 atom stereocenters. The van der Waals surface area contributed by atoms with Gasteiger partial charge in [-0.1, -0.05) is 6.42 Å². The zero-order valence-corrected chi connectivity index (χ0v) is 12.8. The molecule has 1 amide bonds. The first-order valence-corrected chi connectivity index (χ1v) is 8.37. The van der Waals surface area contributed by atoms with Crippen LogP contribution in [0.3, 0.4) is 0 Å². The first kappa shape index (κ1) is 14.4. The van der Waals surface area contributed by atoms with Crippen LogP contribution in [0.5, 0.6) is 0 Å². The smallest absolute Gasteiger partial charge is 0.287 e. The molecule has 5 heteroatoms. The number of nitrogens with one attached hydrogen (secondary N) is 1. The summed E-state index contributed by atoms with van der Waals surface area (Å²) in [4.78, 5) is 14.5. The van der Waals surface area contributed by atoms with E-state index in [0.29, 0.717) is 12.3 Å². The molecule has 3 heterocycles. The lowest BCUT2D eigenvalue weighted by Gasteiger charge is -2.34. The first-order valence-electron chi connectivity index (χ1n) is 7.42. The molecule has 2 aromatic rings. The molecular weight excluding hydrogens is 284 g/mol. The monoisotopic (exact) mass is 304 g/mol. The van der Waals surface area contributed by atoms with Crippen molar-refractivity contribution in [2.24, 2.45) is 0 Å². The van der Waals surface area contributed by atoms with E-state index < -0.39 is 0 Å². The Balaban J connectivity index is 1.66. The number of hydrogen-bond donors (Lipinski definition) is 1. The van der Waals surface area contributed by atoms with Crippen LogP contribution in [0.2, 0.25) is 0 Å². The second kappa shape index (κ2) is 6.91. The van der Waals surface area contributed by atoms with Crippen LogP contribution in [0.1, 0.15) is 41.4 Å². The van der Waals surface area contributed by atoms with Gasteiger partial charge in [0, 0.05) is 6.54 Å². The highest BCUT2D eigenvalue weighted by atomic mass is 32.1. The van der Waals surface area contributed by atoms with Crippen molar-refractivity contribution >= 4 is 17.2 Å². The normalized spacial score (nSPS) is 17.5. The molecule has 0 bridgehead atoms. The molecule has 21 heavy (non-hydrogen) atoms. The van der Waals surface area contributed by atoms with Crippen molar-refractivity contribution in [1.29, 1.82) is 0 Å². The summed E-state index contributed by atoms with van der Waals surface area (Å²) in [6, 6.07) is 5.84. The van der Waals surface area contributed by atoms with Crippen LogP contribution in [0.25, 0.3) is 0 Å². The van der Waals surface area contributed by atoms with Gasteiger partial charge < -0.3 is 9.73 Å². The average molecular weight is 304 g/mol. The van der Waals surface area contributed by atoms with Crippen molar-refractivity contribution in [3.05, 3.63) is 46.5 Å². The Morgan fingerprint density at radius 2 is 2.19 bits per heavy atom. The molecule has 1 N–H and O–H groups in total. The lowest BCUT2D eigenvalue weighted by molar-refractivity contribution is 0.0897. The summed E-state index contributed by atoms with van der Waals surface area (Å²) in [6.45, 7) is 2.84. The molecule has 0 saturated carbocycles. The summed E-state index contributed by atoms with van der Waals surface area (Å²) >= 11 is 1.71. The van der Waals surface area contributed by atoms with E-state index in [-0.39, 0.29) is 11.9 Å². The summed E-state index contributed by atoms with van der Waals surface area (Å²) < 4.78 is 5.14. The number of likely N-dealkylation sites (tertiary alicyclic amines) is 1. The molecule has 1 aliphatic rings. The molecule has 1 unspecified atom stereocenters. The topological polar surface area (TPSA) is 45.5 Å². The third kappa shape index (κ3) is 3.54. The minimum absolute atomic E-state index is 0.141. The molecular formula is C16H20N2O2S. The van der Waals surface area contributed by atoms with E-state index in [9.17, 15) is 4.79 Å². The Labute approximate surface area is 128 Å². The van der Waals surface area contributed by atoms with Crippen LogP contribution in [-0.4, -0.2) is 30.4 Å². The number of carbonyl (C=O) groups is 1. The summed E-state index contributed by atoms with van der Waals surface area (Å²) in [5.41, 5.74) is 1.29. The Morgan fingerprint density at radius 3 is 2.86 bits per heavy atom. The van der Waals surface area contributed by atoms with Gasteiger partial charge in [-0.3, -0.25) is 9.69 Å². The zero-order valence-electron chi connectivity index (χ0n) is 12.0. The van der Waals surface area contributed by atoms with Crippen LogP contribution in [0.4, 0.5) is 0 Å². The summed E-state index contributed by atoms with van der Waals surface area (Å²) in [6.07, 6.45) is 5.32. The molecule has 112 valence electrons. The molecule has 0 spiro atoms. The van der Waals surface area contributed by atoms with E-state index in [1.165, 1.54) is 31.1 Å². The van der Waals surface area contributed by atoms with E-state index in [1.807, 2.05) is 0 Å². The van der Waals surface area contributed by atoms with E-state index in [2.05, 4.69) is 27.0 Å². The molecule has 4 nitrogen and oxygen atoms in total. The Bertz CT molecular complexity index is 545. The predicted octanol–water partition coefficient (Wildman–Crippen LogP) is 3.30. The van der Waals surface area contributed by atoms with Crippen molar-refractivity contribution in [3.63, 3.8) is 0 Å². The number of rotatable bonds is 5. The molecule has 0 radical (unpaired) electrons. The lowest BCUT2D eigenvalue weighted by Crippen LogP contribution is -2.40. The highest BCUT2D eigenvalue weighted by molar-refractivity contribution is 7.07. The van der Waals surface area contributed by atoms with Gasteiger partial charge in [-0.25, -0.2) is 0 Å². The Kier molecular flexibility index (Phi) is 4.72. The van der Waals surface area contributed by atoms with Crippen molar-refractivity contribution in [2.45, 2.75) is 25.3 Å². The second-order valence-corrected chi connectivity index (χ2v) is 6.14. The zero-order chi connectivity index (χ0) is 14.5. The lowest BCUT2D eigenvalue weighted by atomic mass is 10.0. The number of furan rings is 1. The molecule has 0 aromatic carbocycles. The average Bonchev–Trinajstić information content (AvgIpc) is 3.22.